The fraction of sp³-hybridized carbons (Fsp3) is 0.250. The van der Waals surface area contributed by atoms with E-state index < -0.39 is 17.0 Å². The minimum atomic E-state index is -4.55. The van der Waals surface area contributed by atoms with Gasteiger partial charge in [0, 0.05) is 12.1 Å². The molecule has 7 nitrogen and oxygen atoms in total. The van der Waals surface area contributed by atoms with E-state index in [0.717, 1.165) is 35.0 Å². The van der Waals surface area contributed by atoms with E-state index in [1.807, 2.05) is 26.0 Å². The zero-order valence-corrected chi connectivity index (χ0v) is 21.9. The van der Waals surface area contributed by atoms with E-state index >= 15 is 0 Å². The van der Waals surface area contributed by atoms with Gasteiger partial charge in [-0.2, -0.15) is 13.2 Å². The Hall–Kier alpha value is -3.99. The van der Waals surface area contributed by atoms with E-state index in [0.29, 0.717) is 22.7 Å². The number of benzene rings is 3. The summed E-state index contributed by atoms with van der Waals surface area (Å²) in [6, 6.07) is 15.4. The lowest BCUT2D eigenvalue weighted by molar-refractivity contribution is -0.137. The second kappa shape index (κ2) is 10.6. The van der Waals surface area contributed by atoms with E-state index in [1.54, 1.807) is 24.3 Å². The van der Waals surface area contributed by atoms with Crippen molar-refractivity contribution in [3.8, 4) is 11.5 Å². The van der Waals surface area contributed by atoms with Crippen molar-refractivity contribution in [1.29, 1.82) is 0 Å². The largest absolute Gasteiger partial charge is 0.454 e. The number of anilines is 1. The van der Waals surface area contributed by atoms with Crippen LogP contribution in [0.25, 0.3) is 0 Å². The molecule has 11 heteroatoms. The number of halogens is 3. The van der Waals surface area contributed by atoms with Gasteiger partial charge in [0.2, 0.25) is 18.6 Å². The number of nitrogens with zero attached hydrogens (tertiary/aromatic N) is 2. The molecule has 0 radical (unpaired) electrons. The van der Waals surface area contributed by atoms with Crippen molar-refractivity contribution in [2.45, 2.75) is 38.2 Å². The minimum Gasteiger partial charge on any atom is -0.454 e. The summed E-state index contributed by atoms with van der Waals surface area (Å²) in [4.78, 5) is 32.3. The van der Waals surface area contributed by atoms with Gasteiger partial charge < -0.3 is 14.8 Å². The minimum absolute atomic E-state index is 0.0197. The number of fused-ring (bicyclic) bond motifs is 1. The Balaban J connectivity index is 1.45. The van der Waals surface area contributed by atoms with Crippen molar-refractivity contribution < 1.29 is 32.2 Å². The number of carbonyl (C=O) groups is 2. The van der Waals surface area contributed by atoms with E-state index in [9.17, 15) is 22.8 Å². The summed E-state index contributed by atoms with van der Waals surface area (Å²) < 4.78 is 50.7. The van der Waals surface area contributed by atoms with Crippen molar-refractivity contribution in [1.82, 2.24) is 4.90 Å². The number of alkyl halides is 3. The Morgan fingerprint density at radius 1 is 1.08 bits per heavy atom. The molecule has 2 aliphatic heterocycles. The van der Waals surface area contributed by atoms with Gasteiger partial charge in [-0.25, -0.2) is 4.99 Å². The molecule has 0 bridgehead atoms. The number of rotatable bonds is 5. The fourth-order valence-electron chi connectivity index (χ4n) is 4.25. The Kier molecular flexibility index (Phi) is 7.26. The molecule has 202 valence electrons. The van der Waals surface area contributed by atoms with Gasteiger partial charge in [-0.15, -0.1) is 0 Å². The molecule has 0 saturated carbocycles. The van der Waals surface area contributed by atoms with Crippen LogP contribution in [0.2, 0.25) is 0 Å². The standard InChI is InChI=1S/C28H24F3N3O4S/c1-16-6-8-21(17(2)10-16)33-26(36)24-13-25(35)34(14-18-7-9-22-23(11-18)38-15-37-22)27(39-24)32-20-5-3-4-19(12-20)28(29,30)31/h3-12,24H,13-15H2,1-2H3,(H,33,36). The predicted octanol–water partition coefficient (Wildman–Crippen LogP) is 6.21. The van der Waals surface area contributed by atoms with Crippen LogP contribution in [0.3, 0.4) is 0 Å². The molecule has 1 fully saturated rings. The van der Waals surface area contributed by atoms with Crippen molar-refractivity contribution >= 4 is 40.1 Å². The van der Waals surface area contributed by atoms with Crippen LogP contribution in [-0.2, 0) is 22.3 Å². The fourth-order valence-corrected chi connectivity index (χ4v) is 5.35. The molecule has 0 aliphatic carbocycles. The first-order valence-electron chi connectivity index (χ1n) is 12.1. The molecule has 39 heavy (non-hydrogen) atoms. The topological polar surface area (TPSA) is 80.2 Å². The maximum atomic E-state index is 13.4. The second-order valence-corrected chi connectivity index (χ2v) is 10.4. The highest BCUT2D eigenvalue weighted by Gasteiger charge is 2.37. The number of aliphatic imine (C=N–C) groups is 1. The Labute approximate surface area is 227 Å². The van der Waals surface area contributed by atoms with E-state index in [-0.39, 0.29) is 42.4 Å². The molecular formula is C28H24F3N3O4S. The van der Waals surface area contributed by atoms with Crippen LogP contribution in [0, 0.1) is 13.8 Å². The highest BCUT2D eigenvalue weighted by molar-refractivity contribution is 8.15. The number of hydrogen-bond acceptors (Lipinski definition) is 6. The maximum absolute atomic E-state index is 13.4. The molecule has 3 aromatic carbocycles. The predicted molar refractivity (Wildman–Crippen MR) is 142 cm³/mol. The van der Waals surface area contributed by atoms with Crippen molar-refractivity contribution in [2.24, 2.45) is 4.99 Å². The molecule has 2 aliphatic rings. The number of hydrogen-bond donors (Lipinski definition) is 1. The highest BCUT2D eigenvalue weighted by atomic mass is 32.2. The summed E-state index contributed by atoms with van der Waals surface area (Å²) in [6.45, 7) is 4.00. The molecule has 2 amide bonds. The summed E-state index contributed by atoms with van der Waals surface area (Å²) in [7, 11) is 0. The maximum Gasteiger partial charge on any atom is 0.416 e. The van der Waals surface area contributed by atoms with Crippen LogP contribution in [0.15, 0.2) is 65.7 Å². The molecule has 5 rings (SSSR count). The SMILES string of the molecule is Cc1ccc(NC(=O)C2CC(=O)N(Cc3ccc4c(c3)OCO4)C(=Nc3cccc(C(F)(F)F)c3)S2)c(C)c1. The zero-order valence-electron chi connectivity index (χ0n) is 21.0. The lowest BCUT2D eigenvalue weighted by Crippen LogP contribution is -2.44. The number of nitrogens with one attached hydrogen (secondary N) is 1. The quantitative estimate of drug-likeness (QED) is 0.405. The summed E-state index contributed by atoms with van der Waals surface area (Å²) >= 11 is 1.04. The van der Waals surface area contributed by atoms with Crippen LogP contribution >= 0.6 is 11.8 Å². The lowest BCUT2D eigenvalue weighted by Gasteiger charge is -2.32. The third-order valence-electron chi connectivity index (χ3n) is 6.25. The first-order chi connectivity index (χ1) is 18.6. The van der Waals surface area contributed by atoms with Gasteiger partial charge in [0.15, 0.2) is 16.7 Å². The Morgan fingerprint density at radius 2 is 1.87 bits per heavy atom. The van der Waals surface area contributed by atoms with Gasteiger partial charge in [-0.1, -0.05) is 41.6 Å². The number of thioether (sulfide) groups is 1. The van der Waals surface area contributed by atoms with Gasteiger partial charge in [-0.3, -0.25) is 14.5 Å². The number of ether oxygens (including phenoxy) is 2. The van der Waals surface area contributed by atoms with E-state index in [4.69, 9.17) is 9.47 Å². The van der Waals surface area contributed by atoms with Crippen LogP contribution in [-0.4, -0.2) is 33.9 Å². The molecular weight excluding hydrogens is 531 g/mol. The van der Waals surface area contributed by atoms with Crippen LogP contribution < -0.4 is 14.8 Å². The molecule has 0 spiro atoms. The average molecular weight is 556 g/mol. The highest BCUT2D eigenvalue weighted by Crippen LogP contribution is 2.36. The van der Waals surface area contributed by atoms with Gasteiger partial charge >= 0.3 is 6.18 Å². The van der Waals surface area contributed by atoms with Crippen molar-refractivity contribution in [2.75, 3.05) is 12.1 Å². The molecule has 0 aromatic heterocycles. The average Bonchev–Trinajstić information content (AvgIpc) is 3.35. The molecule has 2 heterocycles. The van der Waals surface area contributed by atoms with Gasteiger partial charge in [-0.05, 0) is 61.4 Å². The number of aryl methyl sites for hydroxylation is 2. The van der Waals surface area contributed by atoms with Crippen molar-refractivity contribution in [3.05, 3.63) is 82.9 Å². The summed E-state index contributed by atoms with van der Waals surface area (Å²) in [6.07, 6.45) is -4.65. The van der Waals surface area contributed by atoms with Gasteiger partial charge in [0.05, 0.1) is 17.8 Å². The smallest absolute Gasteiger partial charge is 0.416 e. The van der Waals surface area contributed by atoms with Crippen LogP contribution in [0.1, 0.15) is 28.7 Å². The van der Waals surface area contributed by atoms with Crippen molar-refractivity contribution in [3.63, 3.8) is 0 Å². The normalized spacial score (nSPS) is 18.0. The monoisotopic (exact) mass is 555 g/mol. The summed E-state index contributed by atoms with van der Waals surface area (Å²) in [5.41, 5.74) is 2.41. The second-order valence-electron chi connectivity index (χ2n) is 9.23. The zero-order chi connectivity index (χ0) is 27.7. The number of amides is 2. The Morgan fingerprint density at radius 3 is 2.64 bits per heavy atom. The summed E-state index contributed by atoms with van der Waals surface area (Å²) in [5, 5.41) is 2.17. The van der Waals surface area contributed by atoms with Crippen LogP contribution in [0.4, 0.5) is 24.5 Å². The molecule has 1 unspecified atom stereocenters. The molecule has 3 aromatic rings. The summed E-state index contributed by atoms with van der Waals surface area (Å²) in [5.74, 6) is 0.350. The number of amidine groups is 1. The lowest BCUT2D eigenvalue weighted by atomic mass is 10.1. The van der Waals surface area contributed by atoms with Gasteiger partial charge in [0.1, 0.15) is 5.25 Å². The first-order valence-corrected chi connectivity index (χ1v) is 12.9. The molecule has 1 saturated heterocycles. The van der Waals surface area contributed by atoms with Crippen LogP contribution in [0.5, 0.6) is 11.5 Å². The first kappa shape index (κ1) is 26.6. The van der Waals surface area contributed by atoms with Gasteiger partial charge in [0.25, 0.3) is 0 Å². The molecule has 1 N–H and O–H groups in total. The van der Waals surface area contributed by atoms with E-state index in [1.165, 1.54) is 17.0 Å². The van der Waals surface area contributed by atoms with E-state index in [2.05, 4.69) is 10.3 Å². The number of carbonyl (C=O) groups excluding carboxylic acids is 2. The third-order valence-corrected chi connectivity index (χ3v) is 7.44. The third kappa shape index (κ3) is 6.03. The Bertz CT molecular complexity index is 1470. The molecule has 1 atom stereocenters.